The van der Waals surface area contributed by atoms with Crippen molar-refractivity contribution in [1.29, 1.82) is 0 Å². The SMILES string of the molecule is c1ccc(-c2cc(-c3cccc(-n4c5ccccc5c5ccc6c(c54)-c4cccc5cccc(c45)O6)c3)nc(-c3ccccc3)n2)cc1. The molecule has 0 amide bonds. The van der Waals surface area contributed by atoms with Gasteiger partial charge in [0.15, 0.2) is 5.82 Å². The molecule has 1 aliphatic heterocycles. The molecule has 10 rings (SSSR count). The van der Waals surface area contributed by atoms with Crippen molar-refractivity contribution in [2.24, 2.45) is 0 Å². The molecule has 1 aliphatic rings. The number of ether oxygens (including phenoxy) is 1. The number of hydrogen-bond acceptors (Lipinski definition) is 3. The number of rotatable bonds is 4. The highest BCUT2D eigenvalue weighted by Crippen LogP contribution is 2.51. The molecule has 0 saturated heterocycles. The van der Waals surface area contributed by atoms with E-state index in [1.54, 1.807) is 0 Å². The second-order valence-electron chi connectivity index (χ2n) is 12.2. The predicted octanol–water partition coefficient (Wildman–Crippen LogP) is 11.5. The van der Waals surface area contributed by atoms with E-state index in [4.69, 9.17) is 14.7 Å². The molecule has 9 aromatic rings. The van der Waals surface area contributed by atoms with Crippen molar-refractivity contribution in [2.45, 2.75) is 0 Å². The summed E-state index contributed by atoms with van der Waals surface area (Å²) in [5, 5.41) is 4.71. The van der Waals surface area contributed by atoms with Gasteiger partial charge in [-0.3, -0.25) is 0 Å². The van der Waals surface area contributed by atoms with Gasteiger partial charge in [0.2, 0.25) is 0 Å². The van der Waals surface area contributed by atoms with Crippen LogP contribution in [0.4, 0.5) is 0 Å². The number of fused-ring (bicyclic) bond motifs is 6. The Morgan fingerprint density at radius 1 is 0.479 bits per heavy atom. The average Bonchev–Trinajstić information content (AvgIpc) is 3.50. The number of aromatic nitrogens is 3. The first kappa shape index (κ1) is 26.7. The van der Waals surface area contributed by atoms with E-state index in [1.165, 1.54) is 21.7 Å². The fourth-order valence-electron chi connectivity index (χ4n) is 7.24. The van der Waals surface area contributed by atoms with E-state index in [-0.39, 0.29) is 0 Å². The third-order valence-electron chi connectivity index (χ3n) is 9.38. The molecule has 2 aromatic heterocycles. The predicted molar refractivity (Wildman–Crippen MR) is 196 cm³/mol. The number of nitrogens with zero attached hydrogens (tertiary/aromatic N) is 3. The number of benzene rings is 7. The highest BCUT2D eigenvalue weighted by atomic mass is 16.5. The van der Waals surface area contributed by atoms with Gasteiger partial charge in [-0.05, 0) is 53.4 Å². The maximum Gasteiger partial charge on any atom is 0.160 e. The van der Waals surface area contributed by atoms with E-state index < -0.39 is 0 Å². The van der Waals surface area contributed by atoms with E-state index in [0.717, 1.165) is 67.2 Å². The lowest BCUT2D eigenvalue weighted by atomic mass is 9.93. The van der Waals surface area contributed by atoms with Gasteiger partial charge < -0.3 is 9.30 Å². The Bertz CT molecular complexity index is 2630. The first-order valence-corrected chi connectivity index (χ1v) is 16.2. The fraction of sp³-hybridized carbons (Fsp3) is 0. The zero-order valence-electron chi connectivity index (χ0n) is 25.8. The van der Waals surface area contributed by atoms with E-state index >= 15 is 0 Å². The van der Waals surface area contributed by atoms with Crippen LogP contribution in [0.25, 0.3) is 83.3 Å². The summed E-state index contributed by atoms with van der Waals surface area (Å²) in [7, 11) is 0. The Balaban J connectivity index is 1.23. The minimum absolute atomic E-state index is 0.701. The van der Waals surface area contributed by atoms with Crippen molar-refractivity contribution < 1.29 is 4.74 Å². The van der Waals surface area contributed by atoms with Crippen LogP contribution in [0.2, 0.25) is 0 Å². The van der Waals surface area contributed by atoms with Gasteiger partial charge in [0.25, 0.3) is 0 Å². The van der Waals surface area contributed by atoms with Crippen LogP contribution in [0, 0.1) is 0 Å². The van der Waals surface area contributed by atoms with Crippen LogP contribution in [0.5, 0.6) is 11.5 Å². The molecule has 0 radical (unpaired) electrons. The molecule has 0 bridgehead atoms. The van der Waals surface area contributed by atoms with Crippen molar-refractivity contribution >= 4 is 32.6 Å². The maximum absolute atomic E-state index is 6.62. The second kappa shape index (κ2) is 10.5. The highest BCUT2D eigenvalue weighted by Gasteiger charge is 2.26. The van der Waals surface area contributed by atoms with Gasteiger partial charge in [-0.2, -0.15) is 0 Å². The monoisotopic (exact) mass is 613 g/mol. The van der Waals surface area contributed by atoms with Gasteiger partial charge >= 0.3 is 0 Å². The molecule has 0 unspecified atom stereocenters. The summed E-state index contributed by atoms with van der Waals surface area (Å²) in [6.07, 6.45) is 0. The summed E-state index contributed by atoms with van der Waals surface area (Å²) >= 11 is 0. The Labute approximate surface area is 277 Å². The molecule has 4 nitrogen and oxygen atoms in total. The van der Waals surface area contributed by atoms with Crippen LogP contribution >= 0.6 is 0 Å². The van der Waals surface area contributed by atoms with Crippen LogP contribution in [0.15, 0.2) is 164 Å². The highest BCUT2D eigenvalue weighted by molar-refractivity contribution is 6.18. The lowest BCUT2D eigenvalue weighted by molar-refractivity contribution is 0.487. The smallest absolute Gasteiger partial charge is 0.160 e. The van der Waals surface area contributed by atoms with Crippen LogP contribution < -0.4 is 4.74 Å². The van der Waals surface area contributed by atoms with Gasteiger partial charge in [0, 0.05) is 44.1 Å². The molecule has 224 valence electrons. The minimum atomic E-state index is 0.701. The van der Waals surface area contributed by atoms with Crippen LogP contribution in [0.3, 0.4) is 0 Å². The van der Waals surface area contributed by atoms with Crippen molar-refractivity contribution in [1.82, 2.24) is 14.5 Å². The summed E-state index contributed by atoms with van der Waals surface area (Å²) in [6, 6.07) is 57.1. The van der Waals surface area contributed by atoms with Gasteiger partial charge in [-0.15, -0.1) is 0 Å². The first-order chi connectivity index (χ1) is 23.8. The maximum atomic E-state index is 6.62. The molecule has 0 saturated carbocycles. The molecule has 0 aliphatic carbocycles. The first-order valence-electron chi connectivity index (χ1n) is 16.2. The second-order valence-corrected chi connectivity index (χ2v) is 12.2. The third-order valence-corrected chi connectivity index (χ3v) is 9.38. The summed E-state index contributed by atoms with van der Waals surface area (Å²) < 4.78 is 9.01. The Hall–Kier alpha value is -6.52. The summed E-state index contributed by atoms with van der Waals surface area (Å²) in [5.41, 5.74) is 10.4. The van der Waals surface area contributed by atoms with E-state index in [2.05, 4.69) is 132 Å². The molecular formula is C44H27N3O. The molecule has 7 aromatic carbocycles. The standard InChI is InChI=1S/C44H27N3O/c1-3-12-28(13-4-1)36-27-37(46-44(45-36)30-14-5-2-6-15-30)31-18-9-19-32(26-31)47-38-22-8-7-20-33(38)34-24-25-40-42(43(34)47)35-21-10-16-29-17-11-23-39(48-40)41(29)35/h1-27H. The number of hydrogen-bond donors (Lipinski definition) is 0. The van der Waals surface area contributed by atoms with Gasteiger partial charge in [-0.25, -0.2) is 9.97 Å². The topological polar surface area (TPSA) is 39.9 Å². The van der Waals surface area contributed by atoms with Crippen LogP contribution in [0.1, 0.15) is 0 Å². The van der Waals surface area contributed by atoms with Crippen molar-refractivity contribution in [3.05, 3.63) is 164 Å². The van der Waals surface area contributed by atoms with Crippen molar-refractivity contribution in [3.63, 3.8) is 0 Å². The largest absolute Gasteiger partial charge is 0.456 e. The van der Waals surface area contributed by atoms with E-state index in [1.807, 2.05) is 36.4 Å². The molecule has 0 spiro atoms. The van der Waals surface area contributed by atoms with E-state index in [9.17, 15) is 0 Å². The molecule has 3 heterocycles. The fourth-order valence-corrected chi connectivity index (χ4v) is 7.24. The molecular weight excluding hydrogens is 587 g/mol. The van der Waals surface area contributed by atoms with Gasteiger partial charge in [0.05, 0.1) is 22.4 Å². The van der Waals surface area contributed by atoms with Gasteiger partial charge in [-0.1, -0.05) is 121 Å². The summed E-state index contributed by atoms with van der Waals surface area (Å²) in [5.74, 6) is 2.46. The average molecular weight is 614 g/mol. The van der Waals surface area contributed by atoms with Crippen LogP contribution in [-0.4, -0.2) is 14.5 Å². The third kappa shape index (κ3) is 4.10. The zero-order valence-corrected chi connectivity index (χ0v) is 25.8. The number of para-hydroxylation sites is 1. The molecule has 48 heavy (non-hydrogen) atoms. The Kier molecular flexibility index (Phi) is 5.84. The minimum Gasteiger partial charge on any atom is -0.456 e. The van der Waals surface area contributed by atoms with Crippen LogP contribution in [-0.2, 0) is 0 Å². The lowest BCUT2D eigenvalue weighted by Crippen LogP contribution is -2.01. The lowest BCUT2D eigenvalue weighted by Gasteiger charge is -2.23. The Morgan fingerprint density at radius 2 is 1.17 bits per heavy atom. The normalized spacial score (nSPS) is 11.9. The van der Waals surface area contributed by atoms with Crippen molar-refractivity contribution in [2.75, 3.05) is 0 Å². The van der Waals surface area contributed by atoms with Gasteiger partial charge in [0.1, 0.15) is 11.5 Å². The molecule has 0 atom stereocenters. The van der Waals surface area contributed by atoms with Crippen molar-refractivity contribution in [3.8, 4) is 62.2 Å². The molecule has 0 fully saturated rings. The Morgan fingerprint density at radius 3 is 2.00 bits per heavy atom. The van der Waals surface area contributed by atoms with E-state index in [0.29, 0.717) is 5.82 Å². The summed E-state index contributed by atoms with van der Waals surface area (Å²) in [4.78, 5) is 10.1. The molecule has 0 N–H and O–H groups in total. The quantitative estimate of drug-likeness (QED) is 0.198. The summed E-state index contributed by atoms with van der Waals surface area (Å²) in [6.45, 7) is 0. The zero-order chi connectivity index (χ0) is 31.6. The molecule has 4 heteroatoms.